The molecule has 0 bridgehead atoms. The number of ether oxygens (including phenoxy) is 2. The summed E-state index contributed by atoms with van der Waals surface area (Å²) in [5.74, 6) is -0.439. The predicted molar refractivity (Wildman–Crippen MR) is 223 cm³/mol. The summed E-state index contributed by atoms with van der Waals surface area (Å²) in [5.41, 5.74) is 0. The fourth-order valence-electron chi connectivity index (χ4n) is 5.37. The number of phosphoric ester groups is 1. The minimum Gasteiger partial charge on any atom is -0.756 e. The first-order valence-electron chi connectivity index (χ1n) is 21.1. The topological polar surface area (TPSA) is 114 Å². The summed E-state index contributed by atoms with van der Waals surface area (Å²) >= 11 is 0. The highest BCUT2D eigenvalue weighted by molar-refractivity contribution is 7.45. The summed E-state index contributed by atoms with van der Waals surface area (Å²) in [5, 5.41) is 10.2. The monoisotopic (exact) mass is 782 g/mol. The number of carbonyl (C=O) groups excluding carboxylic acids is 1. The maximum atomic E-state index is 12.6. The van der Waals surface area contributed by atoms with Gasteiger partial charge in [-0.2, -0.15) is 0 Å². The van der Waals surface area contributed by atoms with E-state index in [-0.39, 0.29) is 26.2 Å². The standard InChI is InChI=1S/C44H80NO8P/c1-6-8-10-12-14-16-18-19-20-21-23-25-29-33-38-50-40-43(41-52-54(48,49)51-39-37-45(3,4)5)53-44(47)36-32-28-27-31-35-42(46)34-30-26-24-22-17-15-13-11-9-7-2/h9,11,15,17,24,26-27,30-31,34,42-43,46H,6-8,10,12-14,16,18-23,25,28-29,32-33,35-41H2,1-5H3/b11-9-,17-15-,26-24-,31-27-,34-30+. The summed E-state index contributed by atoms with van der Waals surface area (Å²) in [6.45, 7) is 5.08. The molecule has 0 aromatic rings. The van der Waals surface area contributed by atoms with Gasteiger partial charge in [0.1, 0.15) is 19.3 Å². The summed E-state index contributed by atoms with van der Waals surface area (Å²) in [7, 11) is 1.26. The van der Waals surface area contributed by atoms with Crippen LogP contribution in [0.15, 0.2) is 60.8 Å². The van der Waals surface area contributed by atoms with E-state index < -0.39 is 26.0 Å². The first-order chi connectivity index (χ1) is 26.0. The molecule has 10 heteroatoms. The Bertz CT molecular complexity index is 1070. The van der Waals surface area contributed by atoms with Gasteiger partial charge in [0.2, 0.25) is 0 Å². The number of rotatable bonds is 38. The highest BCUT2D eigenvalue weighted by Crippen LogP contribution is 2.38. The van der Waals surface area contributed by atoms with Crippen LogP contribution in [0.2, 0.25) is 0 Å². The van der Waals surface area contributed by atoms with E-state index in [1.54, 1.807) is 6.08 Å². The van der Waals surface area contributed by atoms with E-state index in [4.69, 9.17) is 18.5 Å². The number of hydrogen-bond donors (Lipinski definition) is 1. The van der Waals surface area contributed by atoms with Gasteiger partial charge in [0.25, 0.3) is 7.82 Å². The second-order valence-electron chi connectivity index (χ2n) is 15.2. The van der Waals surface area contributed by atoms with Crippen LogP contribution in [-0.2, 0) is 27.9 Å². The van der Waals surface area contributed by atoms with Gasteiger partial charge in [0, 0.05) is 13.0 Å². The molecular formula is C44H80NO8P. The van der Waals surface area contributed by atoms with Crippen molar-refractivity contribution in [2.45, 2.75) is 161 Å². The van der Waals surface area contributed by atoms with E-state index in [9.17, 15) is 19.4 Å². The SMILES string of the molecule is CC/C=C\C/C=C\C/C=C\C=C\C(O)C/C=C\CCCC(=O)OC(COCCCCCCCCCCCCCCCC)COP(=O)([O-])OCC[N+](C)(C)C. The highest BCUT2D eigenvalue weighted by Gasteiger charge is 2.20. The Kier molecular flexibility index (Phi) is 35.5. The third kappa shape index (κ3) is 39.8. The highest BCUT2D eigenvalue weighted by atomic mass is 31.2. The molecular weight excluding hydrogens is 701 g/mol. The van der Waals surface area contributed by atoms with E-state index in [0.29, 0.717) is 36.9 Å². The molecule has 3 unspecified atom stereocenters. The van der Waals surface area contributed by atoms with Gasteiger partial charge in [-0.3, -0.25) is 9.36 Å². The molecule has 0 aromatic heterocycles. The quantitative estimate of drug-likeness (QED) is 0.0164. The molecule has 0 heterocycles. The van der Waals surface area contributed by atoms with Crippen LogP contribution in [-0.4, -0.2) is 81.9 Å². The van der Waals surface area contributed by atoms with E-state index >= 15 is 0 Å². The summed E-state index contributed by atoms with van der Waals surface area (Å²) in [6.07, 6.45) is 41.2. The number of esters is 1. The number of nitrogens with zero attached hydrogens (tertiary/aromatic N) is 1. The van der Waals surface area contributed by atoms with Gasteiger partial charge >= 0.3 is 5.97 Å². The zero-order valence-electron chi connectivity index (χ0n) is 35.0. The Hall–Kier alpha value is -1.84. The number of likely N-dealkylation sites (N-methyl/N-ethyl adjacent to an activating group) is 1. The molecule has 3 atom stereocenters. The van der Waals surface area contributed by atoms with Crippen molar-refractivity contribution in [3.63, 3.8) is 0 Å². The Morgan fingerprint density at radius 1 is 0.704 bits per heavy atom. The molecule has 9 nitrogen and oxygen atoms in total. The lowest BCUT2D eigenvalue weighted by atomic mass is 10.0. The molecule has 0 saturated heterocycles. The van der Waals surface area contributed by atoms with Gasteiger partial charge in [-0.25, -0.2) is 0 Å². The molecule has 0 aliphatic heterocycles. The largest absolute Gasteiger partial charge is 0.756 e. The van der Waals surface area contributed by atoms with Crippen LogP contribution >= 0.6 is 7.82 Å². The van der Waals surface area contributed by atoms with Crippen molar-refractivity contribution in [3.8, 4) is 0 Å². The molecule has 0 rings (SSSR count). The second kappa shape index (κ2) is 36.8. The lowest BCUT2D eigenvalue weighted by molar-refractivity contribution is -0.870. The van der Waals surface area contributed by atoms with Gasteiger partial charge in [-0.15, -0.1) is 0 Å². The number of hydrogen-bond acceptors (Lipinski definition) is 8. The van der Waals surface area contributed by atoms with E-state index in [2.05, 4.69) is 38.2 Å². The van der Waals surface area contributed by atoms with E-state index in [1.807, 2.05) is 51.5 Å². The molecule has 0 amide bonds. The Balaban J connectivity index is 4.46. The van der Waals surface area contributed by atoms with E-state index in [0.717, 1.165) is 32.1 Å². The zero-order valence-corrected chi connectivity index (χ0v) is 35.9. The fourth-order valence-corrected chi connectivity index (χ4v) is 6.10. The molecule has 0 saturated carbocycles. The molecule has 1 N–H and O–H groups in total. The molecule has 0 spiro atoms. The minimum atomic E-state index is -4.56. The molecule has 314 valence electrons. The van der Waals surface area contributed by atoms with E-state index in [1.165, 1.54) is 77.0 Å². The number of phosphoric acid groups is 1. The molecule has 0 radical (unpaired) electrons. The van der Waals surface area contributed by atoms with Crippen LogP contribution < -0.4 is 4.89 Å². The lowest BCUT2D eigenvalue weighted by Gasteiger charge is -2.28. The van der Waals surface area contributed by atoms with Crippen molar-refractivity contribution < 1.29 is 42.4 Å². The number of aliphatic hydroxyl groups excluding tert-OH is 1. The second-order valence-corrected chi connectivity index (χ2v) is 16.6. The van der Waals surface area contributed by atoms with Crippen LogP contribution in [0.4, 0.5) is 0 Å². The first-order valence-corrected chi connectivity index (χ1v) is 22.6. The molecule has 0 aromatic carbocycles. The van der Waals surface area contributed by atoms with Gasteiger partial charge in [0.15, 0.2) is 0 Å². The van der Waals surface area contributed by atoms with Gasteiger partial charge in [0.05, 0.1) is 40.5 Å². The number of carbonyl (C=O) groups is 1. The third-order valence-electron chi connectivity index (χ3n) is 8.66. The van der Waals surface area contributed by atoms with Gasteiger partial charge in [-0.05, 0) is 44.9 Å². The third-order valence-corrected chi connectivity index (χ3v) is 9.63. The van der Waals surface area contributed by atoms with Crippen LogP contribution in [0.3, 0.4) is 0 Å². The normalized spacial score (nSPS) is 15.0. The number of quaternary nitrogens is 1. The van der Waals surface area contributed by atoms with Crippen molar-refractivity contribution >= 4 is 13.8 Å². The Morgan fingerprint density at radius 3 is 1.91 bits per heavy atom. The first kappa shape index (κ1) is 52.2. The van der Waals surface area contributed by atoms with Crippen LogP contribution in [0, 0.1) is 0 Å². The number of unbranched alkanes of at least 4 members (excludes halogenated alkanes) is 14. The van der Waals surface area contributed by atoms with Crippen molar-refractivity contribution in [1.82, 2.24) is 0 Å². The predicted octanol–water partition coefficient (Wildman–Crippen LogP) is 10.5. The van der Waals surface area contributed by atoms with Gasteiger partial charge < -0.3 is 33.0 Å². The van der Waals surface area contributed by atoms with Crippen LogP contribution in [0.5, 0.6) is 0 Å². The maximum absolute atomic E-state index is 12.6. The number of allylic oxidation sites excluding steroid dienone is 8. The van der Waals surface area contributed by atoms with Crippen LogP contribution in [0.1, 0.15) is 149 Å². The molecule has 0 aliphatic rings. The summed E-state index contributed by atoms with van der Waals surface area (Å²) in [6, 6.07) is 0. The zero-order chi connectivity index (χ0) is 40.0. The maximum Gasteiger partial charge on any atom is 0.306 e. The lowest BCUT2D eigenvalue weighted by Crippen LogP contribution is -2.37. The van der Waals surface area contributed by atoms with Crippen molar-refractivity contribution in [1.29, 1.82) is 0 Å². The van der Waals surface area contributed by atoms with Gasteiger partial charge in [-0.1, -0.05) is 158 Å². The Morgan fingerprint density at radius 2 is 1.30 bits per heavy atom. The van der Waals surface area contributed by atoms with Crippen molar-refractivity contribution in [2.24, 2.45) is 0 Å². The average Bonchev–Trinajstić information content (AvgIpc) is 3.11. The molecule has 0 aliphatic carbocycles. The summed E-state index contributed by atoms with van der Waals surface area (Å²) in [4.78, 5) is 25.0. The molecule has 0 fully saturated rings. The van der Waals surface area contributed by atoms with Crippen molar-refractivity contribution in [2.75, 3.05) is 54.1 Å². The fraction of sp³-hybridized carbons (Fsp3) is 0.750. The minimum absolute atomic E-state index is 0.00230. The molecule has 54 heavy (non-hydrogen) atoms. The average molecular weight is 782 g/mol. The smallest absolute Gasteiger partial charge is 0.306 e. The van der Waals surface area contributed by atoms with Crippen LogP contribution in [0.25, 0.3) is 0 Å². The number of aliphatic hydroxyl groups is 1. The Labute approximate surface area is 331 Å². The van der Waals surface area contributed by atoms with Crippen molar-refractivity contribution in [3.05, 3.63) is 60.8 Å². The summed E-state index contributed by atoms with van der Waals surface area (Å²) < 4.78 is 34.4.